The SMILES string of the molecule is O=C1OC[C@H](Cc2ccccc2)N1C#CCc1ccccc1. The molecule has 3 heteroatoms. The molecule has 2 aromatic rings. The molecule has 0 unspecified atom stereocenters. The van der Waals surface area contributed by atoms with Gasteiger partial charge in [-0.3, -0.25) is 0 Å². The number of carbonyl (C=O) groups excluding carboxylic acids is 1. The number of rotatable bonds is 3. The second kappa shape index (κ2) is 6.82. The Morgan fingerprint density at radius 1 is 1.00 bits per heavy atom. The van der Waals surface area contributed by atoms with Crippen LogP contribution in [0.15, 0.2) is 60.7 Å². The molecule has 1 fully saturated rings. The number of benzene rings is 2. The Labute approximate surface area is 130 Å². The Balaban J connectivity index is 1.67. The van der Waals surface area contributed by atoms with E-state index in [1.807, 2.05) is 48.5 Å². The fourth-order valence-corrected chi connectivity index (χ4v) is 2.46. The summed E-state index contributed by atoms with van der Waals surface area (Å²) in [6.45, 7) is 0.397. The summed E-state index contributed by atoms with van der Waals surface area (Å²) < 4.78 is 5.14. The van der Waals surface area contributed by atoms with Gasteiger partial charge in [-0.25, -0.2) is 9.69 Å². The second-order valence-electron chi connectivity index (χ2n) is 5.24. The second-order valence-corrected chi connectivity index (χ2v) is 5.24. The van der Waals surface area contributed by atoms with Crippen LogP contribution in [0.4, 0.5) is 4.79 Å². The van der Waals surface area contributed by atoms with Crippen LogP contribution in [0, 0.1) is 12.0 Å². The summed E-state index contributed by atoms with van der Waals surface area (Å²) in [5.74, 6) is 3.06. The summed E-state index contributed by atoms with van der Waals surface area (Å²) in [4.78, 5) is 13.3. The Kier molecular flexibility index (Phi) is 4.41. The number of hydrogen-bond donors (Lipinski definition) is 0. The lowest BCUT2D eigenvalue weighted by molar-refractivity contribution is 0.167. The summed E-state index contributed by atoms with van der Waals surface area (Å²) in [6, 6.07) is 23.0. The van der Waals surface area contributed by atoms with Gasteiger partial charge in [0.1, 0.15) is 6.61 Å². The topological polar surface area (TPSA) is 29.5 Å². The van der Waals surface area contributed by atoms with Gasteiger partial charge in [0.15, 0.2) is 0 Å². The number of ether oxygens (including phenoxy) is 1. The van der Waals surface area contributed by atoms with E-state index in [4.69, 9.17) is 4.74 Å². The van der Waals surface area contributed by atoms with Crippen LogP contribution in [-0.4, -0.2) is 23.6 Å². The molecule has 2 aromatic carbocycles. The van der Waals surface area contributed by atoms with Gasteiger partial charge in [-0.15, -0.1) is 0 Å². The first kappa shape index (κ1) is 14.2. The Hall–Kier alpha value is -2.73. The summed E-state index contributed by atoms with van der Waals surface area (Å²) in [7, 11) is 0. The smallest absolute Gasteiger partial charge is 0.422 e. The van der Waals surface area contributed by atoms with Gasteiger partial charge in [-0.05, 0) is 17.5 Å². The lowest BCUT2D eigenvalue weighted by Gasteiger charge is -2.14. The summed E-state index contributed by atoms with van der Waals surface area (Å²) in [5.41, 5.74) is 2.32. The number of hydrogen-bond acceptors (Lipinski definition) is 2. The summed E-state index contributed by atoms with van der Waals surface area (Å²) in [6.07, 6.45) is 1.04. The minimum atomic E-state index is -0.346. The van der Waals surface area contributed by atoms with Gasteiger partial charge in [0.25, 0.3) is 0 Å². The molecule has 0 aliphatic carbocycles. The molecule has 3 rings (SSSR count). The predicted octanol–water partition coefficient (Wildman–Crippen LogP) is 3.25. The average molecular weight is 291 g/mol. The zero-order chi connectivity index (χ0) is 15.2. The molecule has 22 heavy (non-hydrogen) atoms. The van der Waals surface area contributed by atoms with Crippen molar-refractivity contribution in [2.24, 2.45) is 0 Å². The van der Waals surface area contributed by atoms with Crippen molar-refractivity contribution in [1.29, 1.82) is 0 Å². The largest absolute Gasteiger partial charge is 0.446 e. The maximum atomic E-state index is 11.8. The van der Waals surface area contributed by atoms with Crippen LogP contribution in [0.1, 0.15) is 11.1 Å². The Morgan fingerprint density at radius 2 is 1.64 bits per heavy atom. The van der Waals surface area contributed by atoms with Crippen molar-refractivity contribution in [3.05, 3.63) is 71.8 Å². The highest BCUT2D eigenvalue weighted by molar-refractivity contribution is 5.72. The predicted molar refractivity (Wildman–Crippen MR) is 85.0 cm³/mol. The van der Waals surface area contributed by atoms with Crippen LogP contribution < -0.4 is 0 Å². The van der Waals surface area contributed by atoms with E-state index in [0.29, 0.717) is 13.0 Å². The van der Waals surface area contributed by atoms with Crippen LogP contribution in [0.25, 0.3) is 0 Å². The molecule has 0 radical (unpaired) electrons. The third-order valence-corrected chi connectivity index (χ3v) is 3.61. The average Bonchev–Trinajstić information content (AvgIpc) is 2.90. The molecule has 1 heterocycles. The highest BCUT2D eigenvalue weighted by Crippen LogP contribution is 2.16. The molecule has 1 amide bonds. The van der Waals surface area contributed by atoms with Crippen molar-refractivity contribution in [2.45, 2.75) is 18.9 Å². The summed E-state index contributed by atoms with van der Waals surface area (Å²) in [5, 5.41) is 0. The van der Waals surface area contributed by atoms with Gasteiger partial charge in [0.05, 0.1) is 6.04 Å². The molecule has 3 nitrogen and oxygen atoms in total. The van der Waals surface area contributed by atoms with E-state index in [9.17, 15) is 4.79 Å². The fourth-order valence-electron chi connectivity index (χ4n) is 2.46. The van der Waals surface area contributed by atoms with E-state index in [1.54, 1.807) is 0 Å². The first-order valence-corrected chi connectivity index (χ1v) is 7.35. The van der Waals surface area contributed by atoms with Crippen LogP contribution >= 0.6 is 0 Å². The minimum absolute atomic E-state index is 0.0156. The van der Waals surface area contributed by atoms with E-state index in [0.717, 1.165) is 12.0 Å². The fraction of sp³-hybridized carbons (Fsp3) is 0.211. The number of nitrogens with zero attached hydrogens (tertiary/aromatic N) is 1. The number of carbonyl (C=O) groups is 1. The van der Waals surface area contributed by atoms with Crippen molar-refractivity contribution >= 4 is 6.09 Å². The van der Waals surface area contributed by atoms with Crippen LogP contribution in [-0.2, 0) is 17.6 Å². The van der Waals surface area contributed by atoms with E-state index in [2.05, 4.69) is 24.1 Å². The van der Waals surface area contributed by atoms with E-state index in [-0.39, 0.29) is 12.1 Å². The van der Waals surface area contributed by atoms with Gasteiger partial charge in [0.2, 0.25) is 0 Å². The zero-order valence-electron chi connectivity index (χ0n) is 12.2. The van der Waals surface area contributed by atoms with Crippen molar-refractivity contribution in [1.82, 2.24) is 4.90 Å². The monoisotopic (exact) mass is 291 g/mol. The van der Waals surface area contributed by atoms with Gasteiger partial charge >= 0.3 is 6.09 Å². The molecule has 0 N–H and O–H groups in total. The van der Waals surface area contributed by atoms with Gasteiger partial charge < -0.3 is 4.74 Å². The normalized spacial score (nSPS) is 16.8. The maximum absolute atomic E-state index is 11.8. The molecule has 1 aliphatic rings. The van der Waals surface area contributed by atoms with Crippen molar-refractivity contribution < 1.29 is 9.53 Å². The highest BCUT2D eigenvalue weighted by atomic mass is 16.6. The molecule has 1 aliphatic heterocycles. The molecule has 0 saturated carbocycles. The Morgan fingerprint density at radius 3 is 2.32 bits per heavy atom. The lowest BCUT2D eigenvalue weighted by Crippen LogP contribution is -2.30. The molecule has 0 bridgehead atoms. The lowest BCUT2D eigenvalue weighted by atomic mass is 10.1. The molecule has 0 spiro atoms. The summed E-state index contributed by atoms with van der Waals surface area (Å²) >= 11 is 0. The van der Waals surface area contributed by atoms with E-state index in [1.165, 1.54) is 10.5 Å². The highest BCUT2D eigenvalue weighted by Gasteiger charge is 2.31. The van der Waals surface area contributed by atoms with Crippen molar-refractivity contribution in [3.63, 3.8) is 0 Å². The maximum Gasteiger partial charge on any atom is 0.422 e. The Bertz CT molecular complexity index is 686. The van der Waals surface area contributed by atoms with E-state index < -0.39 is 0 Å². The molecule has 1 atom stereocenters. The van der Waals surface area contributed by atoms with Crippen LogP contribution in [0.3, 0.4) is 0 Å². The first-order valence-electron chi connectivity index (χ1n) is 7.35. The van der Waals surface area contributed by atoms with Gasteiger partial charge in [0, 0.05) is 12.5 Å². The van der Waals surface area contributed by atoms with Gasteiger partial charge in [-0.2, -0.15) is 0 Å². The van der Waals surface area contributed by atoms with Crippen LogP contribution in [0.5, 0.6) is 0 Å². The van der Waals surface area contributed by atoms with Crippen molar-refractivity contribution in [2.75, 3.05) is 6.61 Å². The molecule has 1 saturated heterocycles. The number of cyclic esters (lactones) is 1. The molecule has 0 aromatic heterocycles. The third kappa shape index (κ3) is 3.48. The third-order valence-electron chi connectivity index (χ3n) is 3.61. The molecule has 110 valence electrons. The molecular formula is C19H17NO2. The van der Waals surface area contributed by atoms with E-state index >= 15 is 0 Å². The number of amides is 1. The standard InChI is InChI=1S/C19H17NO2/c21-19-20(13-7-12-16-8-3-1-4-9-16)18(15-22-19)14-17-10-5-2-6-11-17/h1-6,8-11,18H,12,14-15H2/t18-/m0/s1. The first-order chi connectivity index (χ1) is 10.8. The van der Waals surface area contributed by atoms with Crippen molar-refractivity contribution in [3.8, 4) is 12.0 Å². The zero-order valence-corrected chi connectivity index (χ0v) is 12.2. The van der Waals surface area contributed by atoms with Gasteiger partial charge in [-0.1, -0.05) is 66.6 Å². The minimum Gasteiger partial charge on any atom is -0.446 e. The van der Waals surface area contributed by atoms with Crippen LogP contribution in [0.2, 0.25) is 0 Å². The molecular weight excluding hydrogens is 274 g/mol. The quantitative estimate of drug-likeness (QED) is 0.812.